The quantitative estimate of drug-likeness (QED) is 0.706. The van der Waals surface area contributed by atoms with E-state index in [0.29, 0.717) is 0 Å². The lowest BCUT2D eigenvalue weighted by Gasteiger charge is -2.16. The molecule has 2 aliphatic carbocycles. The molecule has 0 amide bonds. The zero-order chi connectivity index (χ0) is 11.3. The fourth-order valence-electron chi connectivity index (χ4n) is 3.14. The molecule has 1 heteroatoms. The van der Waals surface area contributed by atoms with E-state index in [4.69, 9.17) is 0 Å². The maximum atomic E-state index is 14.2. The molecule has 0 N–H and O–H groups in total. The lowest BCUT2D eigenvalue weighted by atomic mass is 9.90. The molecule has 0 atom stereocenters. The molecule has 0 aromatic heterocycles. The Morgan fingerprint density at radius 2 is 1.75 bits per heavy atom. The second kappa shape index (κ2) is 3.58. The van der Waals surface area contributed by atoms with Gasteiger partial charge >= 0.3 is 0 Å². The number of halogens is 1. The van der Waals surface area contributed by atoms with Crippen LogP contribution >= 0.6 is 0 Å². The van der Waals surface area contributed by atoms with Gasteiger partial charge in [-0.05, 0) is 86.1 Å². The summed E-state index contributed by atoms with van der Waals surface area (Å²) in [6.07, 6.45) is 6.99. The lowest BCUT2D eigenvalue weighted by molar-refractivity contribution is 0.598. The van der Waals surface area contributed by atoms with Gasteiger partial charge in [-0.25, -0.2) is 4.39 Å². The second-order valence-corrected chi connectivity index (χ2v) is 5.50. The summed E-state index contributed by atoms with van der Waals surface area (Å²) in [6, 6.07) is 0. The van der Waals surface area contributed by atoms with E-state index in [9.17, 15) is 4.39 Å². The van der Waals surface area contributed by atoms with E-state index in [0.717, 1.165) is 42.7 Å². The molecule has 0 saturated heterocycles. The minimum Gasteiger partial charge on any atom is -0.206 e. The van der Waals surface area contributed by atoms with Crippen LogP contribution in [0.5, 0.6) is 0 Å². The van der Waals surface area contributed by atoms with Crippen LogP contribution in [0.1, 0.15) is 47.1 Å². The van der Waals surface area contributed by atoms with E-state index < -0.39 is 0 Å². The van der Waals surface area contributed by atoms with Crippen LogP contribution in [-0.2, 0) is 19.3 Å². The largest absolute Gasteiger partial charge is 0.206 e. The summed E-state index contributed by atoms with van der Waals surface area (Å²) in [5.74, 6) is 0.949. The van der Waals surface area contributed by atoms with Crippen molar-refractivity contribution in [2.45, 2.75) is 52.4 Å². The third-order valence-electron chi connectivity index (χ3n) is 4.36. The van der Waals surface area contributed by atoms with Crippen LogP contribution in [0.2, 0.25) is 0 Å². The zero-order valence-electron chi connectivity index (χ0n) is 10.2. The third kappa shape index (κ3) is 1.49. The van der Waals surface area contributed by atoms with Gasteiger partial charge in [0, 0.05) is 0 Å². The first kappa shape index (κ1) is 10.3. The molecule has 16 heavy (non-hydrogen) atoms. The molecule has 1 aromatic rings. The second-order valence-electron chi connectivity index (χ2n) is 5.50. The Labute approximate surface area is 96.9 Å². The summed E-state index contributed by atoms with van der Waals surface area (Å²) >= 11 is 0. The molecule has 0 bridgehead atoms. The summed E-state index contributed by atoms with van der Waals surface area (Å²) in [7, 11) is 0. The van der Waals surface area contributed by atoms with Gasteiger partial charge in [0.25, 0.3) is 0 Å². The van der Waals surface area contributed by atoms with E-state index in [-0.39, 0.29) is 5.82 Å². The highest BCUT2D eigenvalue weighted by Crippen LogP contribution is 2.38. The van der Waals surface area contributed by atoms with Crippen molar-refractivity contribution in [2.75, 3.05) is 0 Å². The number of rotatable bonds is 2. The van der Waals surface area contributed by atoms with Gasteiger partial charge in [0.2, 0.25) is 0 Å². The fraction of sp³-hybridized carbons (Fsp3) is 0.600. The molecule has 1 aromatic carbocycles. The van der Waals surface area contributed by atoms with Crippen molar-refractivity contribution in [1.82, 2.24) is 0 Å². The van der Waals surface area contributed by atoms with Gasteiger partial charge in [-0.3, -0.25) is 0 Å². The number of hydrogen-bond donors (Lipinski definition) is 0. The standard InChI is InChI=1S/C15H19F/c1-9-12-4-3-5-13(12)15(16)10(2)14(9)8-11-6-7-11/h11H,3-8H2,1-2H3. The van der Waals surface area contributed by atoms with Crippen molar-refractivity contribution in [3.8, 4) is 0 Å². The van der Waals surface area contributed by atoms with Gasteiger partial charge in [0.05, 0.1) is 0 Å². The molecule has 1 fully saturated rings. The molecule has 2 aliphatic rings. The molecule has 0 unspecified atom stereocenters. The van der Waals surface area contributed by atoms with E-state index in [1.807, 2.05) is 6.92 Å². The van der Waals surface area contributed by atoms with Crippen molar-refractivity contribution in [3.05, 3.63) is 33.6 Å². The Balaban J connectivity index is 2.12. The Hall–Kier alpha value is -0.850. The van der Waals surface area contributed by atoms with Gasteiger partial charge in [-0.2, -0.15) is 0 Å². The van der Waals surface area contributed by atoms with Crippen LogP contribution in [0.25, 0.3) is 0 Å². The Kier molecular flexibility index (Phi) is 2.31. The Morgan fingerprint density at radius 3 is 2.44 bits per heavy atom. The van der Waals surface area contributed by atoms with Gasteiger partial charge < -0.3 is 0 Å². The summed E-state index contributed by atoms with van der Waals surface area (Å²) in [5.41, 5.74) is 6.01. The summed E-state index contributed by atoms with van der Waals surface area (Å²) in [5, 5.41) is 0. The molecule has 0 radical (unpaired) electrons. The average molecular weight is 218 g/mol. The summed E-state index contributed by atoms with van der Waals surface area (Å²) < 4.78 is 14.2. The molecule has 0 spiro atoms. The van der Waals surface area contributed by atoms with Gasteiger partial charge in [-0.15, -0.1) is 0 Å². The minimum absolute atomic E-state index is 0.105. The first-order valence-corrected chi connectivity index (χ1v) is 6.47. The van der Waals surface area contributed by atoms with Crippen LogP contribution in [0.4, 0.5) is 4.39 Å². The van der Waals surface area contributed by atoms with E-state index in [1.54, 1.807) is 0 Å². The molecular formula is C15H19F. The van der Waals surface area contributed by atoms with E-state index >= 15 is 0 Å². The van der Waals surface area contributed by atoms with E-state index in [2.05, 4.69) is 6.92 Å². The van der Waals surface area contributed by atoms with Crippen molar-refractivity contribution < 1.29 is 4.39 Å². The predicted octanol–water partition coefficient (Wildman–Crippen LogP) is 3.88. The van der Waals surface area contributed by atoms with Crippen LogP contribution in [-0.4, -0.2) is 0 Å². The van der Waals surface area contributed by atoms with Gasteiger partial charge in [0.15, 0.2) is 0 Å². The van der Waals surface area contributed by atoms with Crippen LogP contribution in [0.3, 0.4) is 0 Å². The maximum absolute atomic E-state index is 14.2. The molecule has 3 rings (SSSR count). The lowest BCUT2D eigenvalue weighted by Crippen LogP contribution is -2.05. The number of benzene rings is 1. The SMILES string of the molecule is Cc1c(F)c2c(c(C)c1CC1CC1)CCC2. The van der Waals surface area contributed by atoms with Crippen LogP contribution in [0, 0.1) is 25.6 Å². The topological polar surface area (TPSA) is 0 Å². The maximum Gasteiger partial charge on any atom is 0.129 e. The van der Waals surface area contributed by atoms with Crippen LogP contribution < -0.4 is 0 Å². The normalized spacial score (nSPS) is 18.9. The van der Waals surface area contributed by atoms with Crippen molar-refractivity contribution in [3.63, 3.8) is 0 Å². The molecule has 0 nitrogen and oxygen atoms in total. The summed E-state index contributed by atoms with van der Waals surface area (Å²) in [4.78, 5) is 0. The highest BCUT2D eigenvalue weighted by Gasteiger charge is 2.27. The molecule has 0 heterocycles. The first-order chi connectivity index (χ1) is 7.68. The molecule has 0 aliphatic heterocycles. The van der Waals surface area contributed by atoms with Crippen molar-refractivity contribution in [2.24, 2.45) is 5.92 Å². The summed E-state index contributed by atoms with van der Waals surface area (Å²) in [6.45, 7) is 4.17. The van der Waals surface area contributed by atoms with Gasteiger partial charge in [0.1, 0.15) is 5.82 Å². The zero-order valence-corrected chi connectivity index (χ0v) is 10.2. The van der Waals surface area contributed by atoms with Crippen LogP contribution in [0.15, 0.2) is 0 Å². The van der Waals surface area contributed by atoms with Crippen molar-refractivity contribution >= 4 is 0 Å². The van der Waals surface area contributed by atoms with Gasteiger partial charge in [-0.1, -0.05) is 0 Å². The Bertz CT molecular complexity index is 441. The predicted molar refractivity (Wildman–Crippen MR) is 64.3 cm³/mol. The van der Waals surface area contributed by atoms with Crippen molar-refractivity contribution in [1.29, 1.82) is 0 Å². The third-order valence-corrected chi connectivity index (χ3v) is 4.36. The smallest absolute Gasteiger partial charge is 0.129 e. The minimum atomic E-state index is 0.105. The molecule has 1 saturated carbocycles. The fourth-order valence-corrected chi connectivity index (χ4v) is 3.14. The average Bonchev–Trinajstić information content (AvgIpc) is 2.95. The first-order valence-electron chi connectivity index (χ1n) is 6.47. The number of hydrogen-bond acceptors (Lipinski definition) is 0. The number of fused-ring (bicyclic) bond motifs is 1. The molecular weight excluding hydrogens is 199 g/mol. The van der Waals surface area contributed by atoms with E-state index in [1.165, 1.54) is 29.5 Å². The molecule has 86 valence electrons. The Morgan fingerprint density at radius 1 is 1.06 bits per heavy atom. The highest BCUT2D eigenvalue weighted by molar-refractivity contribution is 5.48. The monoisotopic (exact) mass is 218 g/mol. The highest BCUT2D eigenvalue weighted by atomic mass is 19.1.